The molecule has 0 aliphatic rings. The fourth-order valence-corrected chi connectivity index (χ4v) is 3.75. The lowest BCUT2D eigenvalue weighted by atomic mass is 9.96. The number of hydrogen-bond donors (Lipinski definition) is 1. The summed E-state index contributed by atoms with van der Waals surface area (Å²) >= 11 is 0. The molecule has 0 saturated heterocycles. The van der Waals surface area contributed by atoms with Crippen molar-refractivity contribution in [3.63, 3.8) is 0 Å². The van der Waals surface area contributed by atoms with E-state index in [1.165, 1.54) is 18.7 Å². The van der Waals surface area contributed by atoms with E-state index in [0.717, 1.165) is 28.4 Å². The van der Waals surface area contributed by atoms with Gasteiger partial charge in [-0.3, -0.25) is 0 Å². The molecule has 0 aliphatic heterocycles. The van der Waals surface area contributed by atoms with Crippen LogP contribution in [0.3, 0.4) is 0 Å². The highest BCUT2D eigenvalue weighted by molar-refractivity contribution is 5.97. The summed E-state index contributed by atoms with van der Waals surface area (Å²) in [4.78, 5) is 12.4. The molecule has 0 bridgehead atoms. The van der Waals surface area contributed by atoms with E-state index in [9.17, 15) is 23.1 Å². The zero-order valence-electron chi connectivity index (χ0n) is 17.9. The molecular weight excluding hydrogens is 437 g/mol. The first kappa shape index (κ1) is 22.5. The first-order valence-electron chi connectivity index (χ1n) is 10.2. The molecule has 10 heteroatoms. The number of para-hydroxylation sites is 1. The van der Waals surface area contributed by atoms with E-state index in [4.69, 9.17) is 4.74 Å². The largest absolute Gasteiger partial charge is 0.464 e. The van der Waals surface area contributed by atoms with Gasteiger partial charge < -0.3 is 14.4 Å². The third-order valence-corrected chi connectivity index (χ3v) is 5.56. The van der Waals surface area contributed by atoms with Gasteiger partial charge in [-0.05, 0) is 42.3 Å². The minimum absolute atomic E-state index is 0.130. The Hall–Kier alpha value is -3.66. The summed E-state index contributed by atoms with van der Waals surface area (Å²) in [6.07, 6.45) is -4.35. The van der Waals surface area contributed by atoms with Crippen LogP contribution >= 0.6 is 0 Å². The Morgan fingerprint density at radius 1 is 1.12 bits per heavy atom. The molecule has 2 aromatic heterocycles. The van der Waals surface area contributed by atoms with Crippen molar-refractivity contribution in [2.24, 2.45) is 0 Å². The van der Waals surface area contributed by atoms with Crippen molar-refractivity contribution in [3.8, 4) is 5.69 Å². The average Bonchev–Trinajstić information content (AvgIpc) is 3.42. The minimum Gasteiger partial charge on any atom is -0.464 e. The molecule has 0 amide bonds. The number of carbonyl (C=O) groups is 1. The van der Waals surface area contributed by atoms with Crippen LogP contribution in [0.2, 0.25) is 0 Å². The van der Waals surface area contributed by atoms with Gasteiger partial charge in [-0.25, -0.2) is 9.48 Å². The Bertz CT molecular complexity index is 1300. The average molecular weight is 458 g/mol. The number of benzene rings is 2. The van der Waals surface area contributed by atoms with E-state index in [1.54, 1.807) is 16.7 Å². The maximum Gasteiger partial charge on any atom is 0.423 e. The second-order valence-corrected chi connectivity index (χ2v) is 7.60. The fourth-order valence-electron chi connectivity index (χ4n) is 3.75. The smallest absolute Gasteiger partial charge is 0.423 e. The summed E-state index contributed by atoms with van der Waals surface area (Å²) in [6, 6.07) is 16.4. The first-order valence-corrected chi connectivity index (χ1v) is 10.2. The molecule has 0 saturated carbocycles. The standard InChI is InChI=1S/C23H21F3N4O3/c1-3-22(32,23(24,25)26)20-14-29(28-27-20)13-15-9-10-18-16(11-15)12-19(21(31)33-2)30(18)17-7-5-4-6-8-17/h4-12,14,32H,3,13H2,1-2H3. The molecule has 0 radical (unpaired) electrons. The van der Waals surface area contributed by atoms with Crippen molar-refractivity contribution < 1.29 is 27.8 Å². The topological polar surface area (TPSA) is 82.2 Å². The molecule has 4 rings (SSSR count). The normalized spacial score (nSPS) is 13.8. The van der Waals surface area contributed by atoms with Crippen LogP contribution in [0.15, 0.2) is 60.8 Å². The number of methoxy groups -OCH3 is 1. The molecular formula is C23H21F3N4O3. The van der Waals surface area contributed by atoms with Gasteiger partial charge in [0, 0.05) is 11.1 Å². The van der Waals surface area contributed by atoms with E-state index in [2.05, 4.69) is 10.3 Å². The predicted molar refractivity (Wildman–Crippen MR) is 114 cm³/mol. The SMILES string of the molecule is CCC(O)(c1cn(Cc2ccc3c(c2)cc(C(=O)OC)n3-c2ccccc2)nn1)C(F)(F)F. The molecule has 1 N–H and O–H groups in total. The van der Waals surface area contributed by atoms with Crippen molar-refractivity contribution in [2.45, 2.75) is 31.7 Å². The molecule has 4 aromatic rings. The number of esters is 1. The molecule has 2 heterocycles. The number of carbonyl (C=O) groups excluding carboxylic acids is 1. The van der Waals surface area contributed by atoms with Gasteiger partial charge in [0.1, 0.15) is 11.4 Å². The Kier molecular flexibility index (Phi) is 5.71. The van der Waals surface area contributed by atoms with Crippen LogP contribution in [0.5, 0.6) is 0 Å². The summed E-state index contributed by atoms with van der Waals surface area (Å²) in [5.41, 5.74) is -0.988. The van der Waals surface area contributed by atoms with E-state index in [1.807, 2.05) is 42.5 Å². The molecule has 7 nitrogen and oxygen atoms in total. The van der Waals surface area contributed by atoms with E-state index >= 15 is 0 Å². The van der Waals surface area contributed by atoms with Crippen LogP contribution in [0.1, 0.15) is 35.1 Å². The molecule has 0 spiro atoms. The van der Waals surface area contributed by atoms with Gasteiger partial charge in [0.05, 0.1) is 25.4 Å². The van der Waals surface area contributed by atoms with Gasteiger partial charge in [0.2, 0.25) is 5.60 Å². The lowest BCUT2D eigenvalue weighted by Crippen LogP contribution is -2.42. The highest BCUT2D eigenvalue weighted by Crippen LogP contribution is 2.40. The van der Waals surface area contributed by atoms with Gasteiger partial charge in [0.25, 0.3) is 0 Å². The number of aromatic nitrogens is 4. The van der Waals surface area contributed by atoms with Crippen molar-refractivity contribution in [3.05, 3.63) is 77.7 Å². The molecule has 0 fully saturated rings. The minimum atomic E-state index is -4.87. The molecule has 0 aliphatic carbocycles. The lowest BCUT2D eigenvalue weighted by Gasteiger charge is -2.26. The molecule has 2 aromatic carbocycles. The number of rotatable bonds is 6. The highest BCUT2D eigenvalue weighted by Gasteiger charge is 2.55. The number of nitrogens with zero attached hydrogens (tertiary/aromatic N) is 4. The Morgan fingerprint density at radius 2 is 1.85 bits per heavy atom. The molecule has 172 valence electrons. The van der Waals surface area contributed by atoms with Gasteiger partial charge in [-0.2, -0.15) is 13.2 Å². The van der Waals surface area contributed by atoms with Crippen LogP contribution in [0.25, 0.3) is 16.6 Å². The number of hydrogen-bond acceptors (Lipinski definition) is 5. The molecule has 1 unspecified atom stereocenters. The van der Waals surface area contributed by atoms with Gasteiger partial charge in [-0.15, -0.1) is 5.10 Å². The Labute approximate surface area is 187 Å². The second-order valence-electron chi connectivity index (χ2n) is 7.60. The van der Waals surface area contributed by atoms with Gasteiger partial charge >= 0.3 is 12.1 Å². The monoisotopic (exact) mass is 458 g/mol. The predicted octanol–water partition coefficient (Wildman–Crippen LogP) is 4.22. The summed E-state index contributed by atoms with van der Waals surface area (Å²) in [5, 5.41) is 18.1. The van der Waals surface area contributed by atoms with Gasteiger partial charge in [0.15, 0.2) is 0 Å². The number of halogens is 3. The van der Waals surface area contributed by atoms with Crippen LogP contribution in [0.4, 0.5) is 13.2 Å². The summed E-state index contributed by atoms with van der Waals surface area (Å²) < 4.78 is 47.9. The maximum absolute atomic E-state index is 13.3. The first-order chi connectivity index (χ1) is 15.7. The van der Waals surface area contributed by atoms with Crippen molar-refractivity contribution >= 4 is 16.9 Å². The summed E-state index contributed by atoms with van der Waals surface area (Å²) in [6.45, 7) is 1.36. The number of fused-ring (bicyclic) bond motifs is 1. The van der Waals surface area contributed by atoms with Crippen LogP contribution < -0.4 is 0 Å². The lowest BCUT2D eigenvalue weighted by molar-refractivity contribution is -0.269. The quantitative estimate of drug-likeness (QED) is 0.438. The van der Waals surface area contributed by atoms with Gasteiger partial charge in [-0.1, -0.05) is 36.4 Å². The highest BCUT2D eigenvalue weighted by atomic mass is 19.4. The number of aliphatic hydroxyl groups is 1. The third kappa shape index (κ3) is 3.97. The van der Waals surface area contributed by atoms with Crippen molar-refractivity contribution in [1.82, 2.24) is 19.6 Å². The molecule has 33 heavy (non-hydrogen) atoms. The second kappa shape index (κ2) is 8.36. The Balaban J connectivity index is 1.70. The summed E-state index contributed by atoms with van der Waals surface area (Å²) in [5.74, 6) is -0.497. The van der Waals surface area contributed by atoms with E-state index in [-0.39, 0.29) is 6.54 Å². The van der Waals surface area contributed by atoms with Crippen LogP contribution in [0, 0.1) is 0 Å². The van der Waals surface area contributed by atoms with Crippen LogP contribution in [-0.4, -0.2) is 43.9 Å². The maximum atomic E-state index is 13.3. The van der Waals surface area contributed by atoms with E-state index < -0.39 is 29.9 Å². The zero-order chi connectivity index (χ0) is 23.8. The fraction of sp³-hybridized carbons (Fsp3) is 0.261. The Morgan fingerprint density at radius 3 is 2.48 bits per heavy atom. The number of ether oxygens (including phenoxy) is 1. The van der Waals surface area contributed by atoms with Crippen molar-refractivity contribution in [2.75, 3.05) is 7.11 Å². The zero-order valence-corrected chi connectivity index (χ0v) is 17.9. The summed E-state index contributed by atoms with van der Waals surface area (Å²) in [7, 11) is 1.31. The third-order valence-electron chi connectivity index (χ3n) is 5.56. The molecule has 1 atom stereocenters. The van der Waals surface area contributed by atoms with Crippen LogP contribution in [-0.2, 0) is 16.9 Å². The van der Waals surface area contributed by atoms with E-state index in [0.29, 0.717) is 5.69 Å². The van der Waals surface area contributed by atoms with Crippen molar-refractivity contribution in [1.29, 1.82) is 0 Å². The number of alkyl halides is 3.